The molecular formula is C13H17ClN6. The summed E-state index contributed by atoms with van der Waals surface area (Å²) in [6, 6.07) is 2.63. The number of hydrogen-bond acceptors (Lipinski definition) is 6. The molecule has 2 fully saturated rings. The van der Waals surface area contributed by atoms with Gasteiger partial charge >= 0.3 is 0 Å². The van der Waals surface area contributed by atoms with Gasteiger partial charge in [0.1, 0.15) is 0 Å². The third-order valence-corrected chi connectivity index (χ3v) is 3.85. The Bertz CT molecular complexity index is 518. The molecule has 1 aliphatic heterocycles. The Morgan fingerprint density at radius 2 is 2.00 bits per heavy atom. The van der Waals surface area contributed by atoms with Crippen LogP contribution in [-0.2, 0) is 0 Å². The quantitative estimate of drug-likeness (QED) is 0.827. The molecule has 0 aromatic carbocycles. The van der Waals surface area contributed by atoms with E-state index >= 15 is 0 Å². The maximum Gasteiger partial charge on any atom is 0.231 e. The van der Waals surface area contributed by atoms with E-state index < -0.39 is 0 Å². The number of hydrogen-bond donors (Lipinski definition) is 0. The molecule has 0 N–H and O–H groups in total. The van der Waals surface area contributed by atoms with E-state index in [1.807, 2.05) is 0 Å². The van der Waals surface area contributed by atoms with Crippen molar-refractivity contribution in [2.75, 3.05) is 29.4 Å². The van der Waals surface area contributed by atoms with E-state index in [4.69, 9.17) is 16.9 Å². The second-order valence-corrected chi connectivity index (χ2v) is 5.57. The molecule has 0 spiro atoms. The summed E-state index contributed by atoms with van der Waals surface area (Å²) in [5, 5.41) is 9.02. The molecule has 1 saturated heterocycles. The average Bonchev–Trinajstić information content (AvgIpc) is 3.12. The Hall–Kier alpha value is -1.61. The summed E-state index contributed by atoms with van der Waals surface area (Å²) in [5.41, 5.74) is 0. The first-order valence-corrected chi connectivity index (χ1v) is 7.46. The third-order valence-electron chi connectivity index (χ3n) is 3.68. The monoisotopic (exact) mass is 292 g/mol. The van der Waals surface area contributed by atoms with Gasteiger partial charge in [-0.05, 0) is 37.3 Å². The van der Waals surface area contributed by atoms with Crippen LogP contribution in [0.15, 0.2) is 0 Å². The van der Waals surface area contributed by atoms with Crippen LogP contribution >= 0.6 is 11.6 Å². The third kappa shape index (κ3) is 2.93. The normalized spacial score (nSPS) is 18.1. The summed E-state index contributed by atoms with van der Waals surface area (Å²) in [6.07, 6.45) is 5.07. The van der Waals surface area contributed by atoms with Crippen LogP contribution in [0.2, 0.25) is 5.28 Å². The van der Waals surface area contributed by atoms with E-state index in [2.05, 4.69) is 30.8 Å². The van der Waals surface area contributed by atoms with Gasteiger partial charge in [-0.15, -0.1) is 0 Å². The number of aromatic nitrogens is 3. The summed E-state index contributed by atoms with van der Waals surface area (Å²) in [7, 11) is 0. The van der Waals surface area contributed by atoms with Gasteiger partial charge in [0, 0.05) is 25.7 Å². The van der Waals surface area contributed by atoms with Crippen LogP contribution in [0.25, 0.3) is 0 Å². The standard InChI is InChI=1S/C13H17ClN6/c14-11-16-12(19-7-1-2-8-19)18-13(17-11)20(9-3-6-15)10-4-5-10/h10H,1-5,7-9H2. The van der Waals surface area contributed by atoms with Gasteiger partial charge in [0.25, 0.3) is 0 Å². The molecule has 0 atom stereocenters. The van der Waals surface area contributed by atoms with Gasteiger partial charge < -0.3 is 9.80 Å². The fraction of sp³-hybridized carbons (Fsp3) is 0.692. The van der Waals surface area contributed by atoms with Gasteiger partial charge in [-0.3, -0.25) is 0 Å². The lowest BCUT2D eigenvalue weighted by molar-refractivity contribution is 0.747. The van der Waals surface area contributed by atoms with Gasteiger partial charge in [-0.25, -0.2) is 0 Å². The van der Waals surface area contributed by atoms with Gasteiger partial charge in [0.2, 0.25) is 17.2 Å². The fourth-order valence-corrected chi connectivity index (χ4v) is 2.67. The van der Waals surface area contributed by atoms with Crippen LogP contribution in [-0.4, -0.2) is 40.6 Å². The number of halogens is 1. The van der Waals surface area contributed by atoms with Crippen molar-refractivity contribution in [1.29, 1.82) is 5.26 Å². The predicted molar refractivity (Wildman–Crippen MR) is 76.9 cm³/mol. The minimum Gasteiger partial charge on any atom is -0.341 e. The molecular weight excluding hydrogens is 276 g/mol. The van der Waals surface area contributed by atoms with Crippen LogP contribution in [0.4, 0.5) is 11.9 Å². The molecule has 0 radical (unpaired) electrons. The van der Waals surface area contributed by atoms with Gasteiger partial charge in [0.05, 0.1) is 12.5 Å². The van der Waals surface area contributed by atoms with Crippen molar-refractivity contribution in [1.82, 2.24) is 15.0 Å². The Morgan fingerprint density at radius 3 is 2.65 bits per heavy atom. The van der Waals surface area contributed by atoms with Crippen LogP contribution in [0.1, 0.15) is 32.1 Å². The highest BCUT2D eigenvalue weighted by Crippen LogP contribution is 2.31. The zero-order valence-electron chi connectivity index (χ0n) is 11.3. The van der Waals surface area contributed by atoms with E-state index in [0.29, 0.717) is 30.9 Å². The molecule has 7 heteroatoms. The van der Waals surface area contributed by atoms with Gasteiger partial charge in [-0.1, -0.05) is 0 Å². The zero-order valence-corrected chi connectivity index (χ0v) is 12.1. The average molecular weight is 293 g/mol. The summed E-state index contributed by atoms with van der Waals surface area (Å²) in [4.78, 5) is 17.3. The minimum atomic E-state index is 0.236. The van der Waals surface area contributed by atoms with E-state index in [1.54, 1.807) is 0 Å². The maximum atomic E-state index is 8.78. The highest BCUT2D eigenvalue weighted by molar-refractivity contribution is 6.28. The summed E-state index contributed by atoms with van der Waals surface area (Å²) < 4.78 is 0. The second kappa shape index (κ2) is 5.80. The molecule has 1 aliphatic carbocycles. The minimum absolute atomic E-state index is 0.236. The van der Waals surface area contributed by atoms with Crippen molar-refractivity contribution in [3.05, 3.63) is 5.28 Å². The molecule has 0 bridgehead atoms. The molecule has 106 valence electrons. The van der Waals surface area contributed by atoms with Crippen molar-refractivity contribution >= 4 is 23.5 Å². The van der Waals surface area contributed by atoms with Gasteiger partial charge in [-0.2, -0.15) is 20.2 Å². The molecule has 0 unspecified atom stereocenters. The summed E-state index contributed by atoms with van der Waals surface area (Å²) in [5.74, 6) is 1.28. The SMILES string of the molecule is N#CCCN(c1nc(Cl)nc(N2CCCC2)n1)C1CC1. The molecule has 1 saturated carbocycles. The van der Waals surface area contributed by atoms with E-state index in [1.165, 1.54) is 12.8 Å². The molecule has 0 amide bonds. The number of rotatable bonds is 5. The van der Waals surface area contributed by atoms with Crippen molar-refractivity contribution in [3.63, 3.8) is 0 Å². The molecule has 1 aromatic rings. The van der Waals surface area contributed by atoms with Crippen LogP contribution in [0.3, 0.4) is 0 Å². The molecule has 3 rings (SSSR count). The lowest BCUT2D eigenvalue weighted by Crippen LogP contribution is -2.30. The van der Waals surface area contributed by atoms with Crippen LogP contribution in [0.5, 0.6) is 0 Å². The van der Waals surface area contributed by atoms with Gasteiger partial charge in [0.15, 0.2) is 0 Å². The summed E-state index contributed by atoms with van der Waals surface area (Å²) >= 11 is 6.05. The predicted octanol–water partition coefficient (Wildman–Crippen LogP) is 2.01. The highest BCUT2D eigenvalue weighted by atomic mass is 35.5. The second-order valence-electron chi connectivity index (χ2n) is 5.23. The maximum absolute atomic E-state index is 8.78. The number of anilines is 2. The van der Waals surface area contributed by atoms with Crippen LogP contribution < -0.4 is 9.80 Å². The van der Waals surface area contributed by atoms with E-state index in [-0.39, 0.29) is 5.28 Å². The van der Waals surface area contributed by atoms with Crippen molar-refractivity contribution in [3.8, 4) is 6.07 Å². The Morgan fingerprint density at radius 1 is 1.25 bits per heavy atom. The Balaban J connectivity index is 1.85. The van der Waals surface area contributed by atoms with E-state index in [9.17, 15) is 0 Å². The van der Waals surface area contributed by atoms with Crippen LogP contribution in [0, 0.1) is 11.3 Å². The fourth-order valence-electron chi connectivity index (χ4n) is 2.52. The van der Waals surface area contributed by atoms with Crippen molar-refractivity contribution in [2.24, 2.45) is 0 Å². The molecule has 20 heavy (non-hydrogen) atoms. The highest BCUT2D eigenvalue weighted by Gasteiger charge is 2.31. The summed E-state index contributed by atoms with van der Waals surface area (Å²) in [6.45, 7) is 2.60. The van der Waals surface area contributed by atoms with Crippen molar-refractivity contribution < 1.29 is 0 Å². The van der Waals surface area contributed by atoms with E-state index in [0.717, 1.165) is 25.9 Å². The molecule has 2 aliphatic rings. The Kier molecular flexibility index (Phi) is 3.88. The smallest absolute Gasteiger partial charge is 0.231 e. The molecule has 2 heterocycles. The Labute approximate surface area is 123 Å². The first-order chi connectivity index (χ1) is 9.78. The largest absolute Gasteiger partial charge is 0.341 e. The van der Waals surface area contributed by atoms with Crippen molar-refractivity contribution in [2.45, 2.75) is 38.1 Å². The lowest BCUT2D eigenvalue weighted by atomic mass is 10.4. The first kappa shape index (κ1) is 13.4. The zero-order chi connectivity index (χ0) is 13.9. The first-order valence-electron chi connectivity index (χ1n) is 7.08. The number of nitrogens with zero attached hydrogens (tertiary/aromatic N) is 6. The topological polar surface area (TPSA) is 68.9 Å². The lowest BCUT2D eigenvalue weighted by Gasteiger charge is -2.23. The molecule has 6 nitrogen and oxygen atoms in total. The molecule has 1 aromatic heterocycles. The number of nitriles is 1.